The number of amides is 1. The van der Waals surface area contributed by atoms with Crippen LogP contribution in [0.2, 0.25) is 0 Å². The third-order valence-corrected chi connectivity index (χ3v) is 4.14. The summed E-state index contributed by atoms with van der Waals surface area (Å²) in [6, 6.07) is 3.59. The molecule has 134 valence electrons. The molecule has 0 radical (unpaired) electrons. The maximum absolute atomic E-state index is 13.0. The first-order valence-electron chi connectivity index (χ1n) is 8.42. The van der Waals surface area contributed by atoms with E-state index in [0.717, 1.165) is 5.82 Å². The number of aromatic amines is 1. The van der Waals surface area contributed by atoms with Crippen LogP contribution in [0.25, 0.3) is 0 Å². The predicted molar refractivity (Wildman–Crippen MR) is 93.6 cm³/mol. The number of hydrogen-bond acceptors (Lipinski definition) is 6. The van der Waals surface area contributed by atoms with Crippen molar-refractivity contribution >= 4 is 11.7 Å². The van der Waals surface area contributed by atoms with E-state index in [1.165, 1.54) is 0 Å². The number of nitrogens with zero attached hydrogens (tertiary/aromatic N) is 5. The van der Waals surface area contributed by atoms with Gasteiger partial charge in [0.05, 0.1) is 18.7 Å². The molecule has 0 aliphatic carbocycles. The van der Waals surface area contributed by atoms with Crippen molar-refractivity contribution < 1.29 is 9.53 Å². The summed E-state index contributed by atoms with van der Waals surface area (Å²) < 4.78 is 5.80. The Morgan fingerprint density at radius 1 is 1.44 bits per heavy atom. The van der Waals surface area contributed by atoms with Gasteiger partial charge in [0, 0.05) is 32.8 Å². The minimum Gasteiger partial charge on any atom is -0.367 e. The molecule has 3 heterocycles. The minimum atomic E-state index is -0.294. The largest absolute Gasteiger partial charge is 0.367 e. The SMILES string of the molecule is CC(C)c1n[nH]c([C@H]2CN(C(=O)c3cccnc3N(C)C)CCO2)n1. The zero-order chi connectivity index (χ0) is 18.0. The second-order valence-corrected chi connectivity index (χ2v) is 6.61. The molecule has 1 fully saturated rings. The second-order valence-electron chi connectivity index (χ2n) is 6.61. The number of carbonyl (C=O) groups excluding carboxylic acids is 1. The number of hydrogen-bond donors (Lipinski definition) is 1. The lowest BCUT2D eigenvalue weighted by Crippen LogP contribution is -2.43. The van der Waals surface area contributed by atoms with Gasteiger partial charge in [0.25, 0.3) is 5.91 Å². The van der Waals surface area contributed by atoms with Crippen molar-refractivity contribution in [3.05, 3.63) is 35.5 Å². The molecule has 1 aliphatic rings. The van der Waals surface area contributed by atoms with Crippen molar-refractivity contribution in [2.24, 2.45) is 0 Å². The van der Waals surface area contributed by atoms with Gasteiger partial charge in [-0.3, -0.25) is 9.89 Å². The van der Waals surface area contributed by atoms with Crippen LogP contribution in [0.4, 0.5) is 5.82 Å². The summed E-state index contributed by atoms with van der Waals surface area (Å²) in [4.78, 5) is 25.4. The number of ether oxygens (including phenoxy) is 1. The van der Waals surface area contributed by atoms with Gasteiger partial charge < -0.3 is 14.5 Å². The third-order valence-electron chi connectivity index (χ3n) is 4.14. The molecule has 1 amide bonds. The van der Waals surface area contributed by atoms with Crippen LogP contribution >= 0.6 is 0 Å². The normalized spacial score (nSPS) is 17.8. The van der Waals surface area contributed by atoms with Crippen LogP contribution in [0.5, 0.6) is 0 Å². The fraction of sp³-hybridized carbons (Fsp3) is 0.529. The number of pyridine rings is 1. The van der Waals surface area contributed by atoms with Crippen LogP contribution in [0.3, 0.4) is 0 Å². The molecule has 0 bridgehead atoms. The molecule has 0 spiro atoms. The fourth-order valence-corrected chi connectivity index (χ4v) is 2.78. The standard InChI is InChI=1S/C17H24N6O2/c1-11(2)14-19-15(21-20-14)13-10-23(8-9-25-13)17(24)12-6-5-7-18-16(12)22(3)4/h5-7,11,13H,8-10H2,1-4H3,(H,19,20,21)/t13-/m1/s1. The number of rotatable bonds is 4. The fourth-order valence-electron chi connectivity index (χ4n) is 2.78. The molecule has 25 heavy (non-hydrogen) atoms. The Balaban J connectivity index is 1.78. The lowest BCUT2D eigenvalue weighted by Gasteiger charge is -2.32. The number of H-pyrrole nitrogens is 1. The predicted octanol–water partition coefficient (Wildman–Crippen LogP) is 1.60. The molecule has 8 heteroatoms. The summed E-state index contributed by atoms with van der Waals surface area (Å²) in [6.45, 7) is 5.52. The summed E-state index contributed by atoms with van der Waals surface area (Å²) in [5.41, 5.74) is 0.591. The Morgan fingerprint density at radius 3 is 2.92 bits per heavy atom. The molecule has 0 unspecified atom stereocenters. The molecule has 3 rings (SSSR count). The minimum absolute atomic E-state index is 0.0475. The Morgan fingerprint density at radius 2 is 2.24 bits per heavy atom. The van der Waals surface area contributed by atoms with E-state index in [1.807, 2.05) is 32.8 Å². The molecule has 2 aromatic rings. The Hall–Kier alpha value is -2.48. The van der Waals surface area contributed by atoms with Gasteiger partial charge >= 0.3 is 0 Å². The highest BCUT2D eigenvalue weighted by Gasteiger charge is 2.30. The summed E-state index contributed by atoms with van der Waals surface area (Å²) in [5, 5.41) is 7.16. The van der Waals surface area contributed by atoms with E-state index in [2.05, 4.69) is 20.2 Å². The van der Waals surface area contributed by atoms with Gasteiger partial charge in [0.1, 0.15) is 11.9 Å². The average Bonchev–Trinajstić information content (AvgIpc) is 3.11. The first kappa shape index (κ1) is 17.3. The zero-order valence-electron chi connectivity index (χ0n) is 15.1. The van der Waals surface area contributed by atoms with Gasteiger partial charge in [-0.15, -0.1) is 0 Å². The highest BCUT2D eigenvalue weighted by Crippen LogP contribution is 2.24. The topological polar surface area (TPSA) is 87.2 Å². The Labute approximate surface area is 147 Å². The van der Waals surface area contributed by atoms with Crippen LogP contribution in [-0.2, 0) is 4.74 Å². The first-order chi connectivity index (χ1) is 12.0. The molecule has 1 atom stereocenters. The van der Waals surface area contributed by atoms with Crippen molar-refractivity contribution in [2.75, 3.05) is 38.7 Å². The molecular weight excluding hydrogens is 320 g/mol. The first-order valence-corrected chi connectivity index (χ1v) is 8.42. The van der Waals surface area contributed by atoms with E-state index in [1.54, 1.807) is 23.2 Å². The van der Waals surface area contributed by atoms with Gasteiger partial charge in [0.2, 0.25) is 0 Å². The lowest BCUT2D eigenvalue weighted by molar-refractivity contribution is -0.0266. The van der Waals surface area contributed by atoms with Crippen molar-refractivity contribution in [1.82, 2.24) is 25.1 Å². The van der Waals surface area contributed by atoms with E-state index >= 15 is 0 Å². The van der Waals surface area contributed by atoms with Crippen LogP contribution in [0.15, 0.2) is 18.3 Å². The van der Waals surface area contributed by atoms with Gasteiger partial charge in [-0.2, -0.15) is 5.10 Å². The van der Waals surface area contributed by atoms with E-state index in [-0.39, 0.29) is 17.9 Å². The summed E-state index contributed by atoms with van der Waals surface area (Å²) >= 11 is 0. The highest BCUT2D eigenvalue weighted by molar-refractivity contribution is 5.98. The summed E-state index contributed by atoms with van der Waals surface area (Å²) in [7, 11) is 3.76. The number of morpholine rings is 1. The monoisotopic (exact) mass is 344 g/mol. The van der Waals surface area contributed by atoms with Crippen molar-refractivity contribution in [3.63, 3.8) is 0 Å². The number of carbonyl (C=O) groups is 1. The zero-order valence-corrected chi connectivity index (χ0v) is 15.1. The maximum Gasteiger partial charge on any atom is 0.257 e. The molecule has 0 saturated carbocycles. The maximum atomic E-state index is 13.0. The van der Waals surface area contributed by atoms with E-state index in [4.69, 9.17) is 4.74 Å². The number of aromatic nitrogens is 4. The quantitative estimate of drug-likeness (QED) is 0.906. The lowest BCUT2D eigenvalue weighted by atomic mass is 10.1. The van der Waals surface area contributed by atoms with Gasteiger partial charge in [-0.25, -0.2) is 9.97 Å². The molecule has 1 aliphatic heterocycles. The Kier molecular flexibility index (Phi) is 4.98. The molecule has 1 saturated heterocycles. The van der Waals surface area contributed by atoms with Crippen molar-refractivity contribution in [1.29, 1.82) is 0 Å². The highest BCUT2D eigenvalue weighted by atomic mass is 16.5. The molecule has 2 aromatic heterocycles. The Bertz CT molecular complexity index is 742. The molecule has 1 N–H and O–H groups in total. The number of nitrogens with one attached hydrogen (secondary N) is 1. The van der Waals surface area contributed by atoms with Crippen molar-refractivity contribution in [3.8, 4) is 0 Å². The molecule has 8 nitrogen and oxygen atoms in total. The smallest absolute Gasteiger partial charge is 0.257 e. The van der Waals surface area contributed by atoms with Crippen LogP contribution in [0, 0.1) is 0 Å². The second kappa shape index (κ2) is 7.18. The van der Waals surface area contributed by atoms with Crippen LogP contribution < -0.4 is 4.90 Å². The summed E-state index contributed by atoms with van der Waals surface area (Å²) in [5.74, 6) is 2.28. The van der Waals surface area contributed by atoms with E-state index in [9.17, 15) is 4.79 Å². The third kappa shape index (κ3) is 3.63. The van der Waals surface area contributed by atoms with Gasteiger partial charge in [-0.05, 0) is 12.1 Å². The van der Waals surface area contributed by atoms with E-state index < -0.39 is 0 Å². The average molecular weight is 344 g/mol. The molecular formula is C17H24N6O2. The van der Waals surface area contributed by atoms with Crippen molar-refractivity contribution in [2.45, 2.75) is 25.9 Å². The molecule has 0 aromatic carbocycles. The van der Waals surface area contributed by atoms with Crippen LogP contribution in [0.1, 0.15) is 47.9 Å². The van der Waals surface area contributed by atoms with Gasteiger partial charge in [-0.1, -0.05) is 13.8 Å². The van der Waals surface area contributed by atoms with Gasteiger partial charge in [0.15, 0.2) is 11.6 Å². The van der Waals surface area contributed by atoms with E-state index in [0.29, 0.717) is 36.9 Å². The summed E-state index contributed by atoms with van der Waals surface area (Å²) in [6.07, 6.45) is 1.40. The number of anilines is 1. The van der Waals surface area contributed by atoms with Crippen LogP contribution in [-0.4, -0.2) is 64.8 Å².